The Morgan fingerprint density at radius 2 is 2.11 bits per heavy atom. The highest BCUT2D eigenvalue weighted by Crippen LogP contribution is 2.26. The van der Waals surface area contributed by atoms with E-state index in [-0.39, 0.29) is 16.5 Å². The van der Waals surface area contributed by atoms with E-state index < -0.39 is 26.4 Å². The minimum atomic E-state index is -3.71. The summed E-state index contributed by atoms with van der Waals surface area (Å²) in [6.45, 7) is 1.40. The van der Waals surface area contributed by atoms with Crippen molar-refractivity contribution in [3.63, 3.8) is 0 Å². The van der Waals surface area contributed by atoms with Gasteiger partial charge in [0, 0.05) is 63.0 Å². The van der Waals surface area contributed by atoms with E-state index in [4.69, 9.17) is 0 Å². The standard InChI is InChI=1S/C16H19N5O5S/c1-19-5-4-18-15(19)14-10-17-3-6-20(14)16(22)11-7-12(21(23)24)9-13(8-11)27(2,25)26/h4-5,7-9,14,17H,3,6,10H2,1-2H3. The van der Waals surface area contributed by atoms with Crippen LogP contribution in [-0.4, -0.2) is 59.6 Å². The van der Waals surface area contributed by atoms with Crippen LogP contribution in [0.1, 0.15) is 22.2 Å². The molecule has 2 aromatic rings. The molecular formula is C16H19N5O5S. The molecule has 2 heterocycles. The second kappa shape index (κ2) is 7.08. The Morgan fingerprint density at radius 1 is 1.37 bits per heavy atom. The smallest absolute Gasteiger partial charge is 0.271 e. The topological polar surface area (TPSA) is 127 Å². The molecule has 0 spiro atoms. The summed E-state index contributed by atoms with van der Waals surface area (Å²) in [5.74, 6) is 0.197. The third-order valence-electron chi connectivity index (χ3n) is 4.44. The number of aryl methyl sites for hydroxylation is 1. The molecule has 144 valence electrons. The number of carbonyl (C=O) groups is 1. The van der Waals surface area contributed by atoms with Gasteiger partial charge in [-0.25, -0.2) is 13.4 Å². The Morgan fingerprint density at radius 3 is 2.70 bits per heavy atom. The molecule has 0 radical (unpaired) electrons. The van der Waals surface area contributed by atoms with Gasteiger partial charge in [0.2, 0.25) is 0 Å². The summed E-state index contributed by atoms with van der Waals surface area (Å²) < 4.78 is 25.6. The fourth-order valence-electron chi connectivity index (χ4n) is 3.07. The Bertz CT molecular complexity index is 1000. The Kier molecular flexibility index (Phi) is 4.98. The van der Waals surface area contributed by atoms with E-state index in [2.05, 4.69) is 10.3 Å². The van der Waals surface area contributed by atoms with Gasteiger partial charge in [-0.05, 0) is 6.07 Å². The van der Waals surface area contributed by atoms with Gasteiger partial charge < -0.3 is 14.8 Å². The van der Waals surface area contributed by atoms with E-state index in [1.165, 1.54) is 6.07 Å². The molecule has 0 bridgehead atoms. The molecule has 1 unspecified atom stereocenters. The van der Waals surface area contributed by atoms with Gasteiger partial charge >= 0.3 is 0 Å². The van der Waals surface area contributed by atoms with E-state index in [1.807, 2.05) is 7.05 Å². The van der Waals surface area contributed by atoms with Gasteiger partial charge in [-0.3, -0.25) is 14.9 Å². The number of nitrogens with zero attached hydrogens (tertiary/aromatic N) is 4. The van der Waals surface area contributed by atoms with Gasteiger partial charge in [0.25, 0.3) is 11.6 Å². The lowest BCUT2D eigenvalue weighted by Crippen LogP contribution is -2.49. The van der Waals surface area contributed by atoms with Crippen LogP contribution in [0.2, 0.25) is 0 Å². The van der Waals surface area contributed by atoms with Crippen molar-refractivity contribution >= 4 is 21.4 Å². The zero-order valence-corrected chi connectivity index (χ0v) is 15.6. The number of hydrogen-bond donors (Lipinski definition) is 1. The minimum Gasteiger partial charge on any atom is -0.336 e. The molecule has 3 rings (SSSR count). The molecular weight excluding hydrogens is 374 g/mol. The van der Waals surface area contributed by atoms with E-state index in [9.17, 15) is 23.3 Å². The van der Waals surface area contributed by atoms with Crippen molar-refractivity contribution in [2.45, 2.75) is 10.9 Å². The second-order valence-corrected chi connectivity index (χ2v) is 8.38. The monoisotopic (exact) mass is 393 g/mol. The molecule has 0 saturated carbocycles. The molecule has 27 heavy (non-hydrogen) atoms. The van der Waals surface area contributed by atoms with Crippen molar-refractivity contribution in [2.24, 2.45) is 7.05 Å². The molecule has 1 amide bonds. The summed E-state index contributed by atoms with van der Waals surface area (Å²) >= 11 is 0. The van der Waals surface area contributed by atoms with Crippen molar-refractivity contribution in [1.82, 2.24) is 19.8 Å². The van der Waals surface area contributed by atoms with Gasteiger partial charge in [-0.1, -0.05) is 0 Å². The Labute approximate surface area is 155 Å². The summed E-state index contributed by atoms with van der Waals surface area (Å²) in [5, 5.41) is 14.4. The third-order valence-corrected chi connectivity index (χ3v) is 5.53. The van der Waals surface area contributed by atoms with Crippen molar-refractivity contribution in [2.75, 3.05) is 25.9 Å². The number of sulfone groups is 1. The average molecular weight is 393 g/mol. The number of rotatable bonds is 4. The number of hydrogen-bond acceptors (Lipinski definition) is 7. The number of carbonyl (C=O) groups excluding carboxylic acids is 1. The third kappa shape index (κ3) is 3.83. The highest BCUT2D eigenvalue weighted by Gasteiger charge is 2.32. The SMILES string of the molecule is Cn1ccnc1C1CNCCN1C(=O)c1cc([N+](=O)[O-])cc(S(C)(=O)=O)c1. The van der Waals surface area contributed by atoms with Crippen molar-refractivity contribution in [3.8, 4) is 0 Å². The molecule has 10 nitrogen and oxygen atoms in total. The zero-order valence-electron chi connectivity index (χ0n) is 14.8. The maximum Gasteiger partial charge on any atom is 0.271 e. The Balaban J connectivity index is 2.04. The number of nitrogens with one attached hydrogen (secondary N) is 1. The summed E-state index contributed by atoms with van der Waals surface area (Å²) in [6, 6.07) is 2.88. The average Bonchev–Trinajstić information content (AvgIpc) is 3.05. The Hall–Kier alpha value is -2.79. The van der Waals surface area contributed by atoms with Gasteiger partial charge in [0.15, 0.2) is 9.84 Å². The zero-order chi connectivity index (χ0) is 19.8. The normalized spacial score (nSPS) is 17.7. The first-order valence-corrected chi connectivity index (χ1v) is 10.1. The fourth-order valence-corrected chi connectivity index (χ4v) is 3.74. The van der Waals surface area contributed by atoms with E-state index in [0.717, 1.165) is 18.4 Å². The second-order valence-electron chi connectivity index (χ2n) is 6.36. The van der Waals surface area contributed by atoms with Crippen LogP contribution < -0.4 is 5.32 Å². The number of nitro groups is 1. The van der Waals surface area contributed by atoms with Crippen LogP contribution in [-0.2, 0) is 16.9 Å². The van der Waals surface area contributed by atoms with Gasteiger partial charge in [0.05, 0.1) is 9.82 Å². The molecule has 1 saturated heterocycles. The lowest BCUT2D eigenvalue weighted by molar-refractivity contribution is -0.385. The minimum absolute atomic E-state index is 0.0364. The van der Waals surface area contributed by atoms with Crippen LogP contribution >= 0.6 is 0 Å². The number of non-ortho nitro benzene ring substituents is 1. The molecule has 1 N–H and O–H groups in total. The maximum atomic E-state index is 13.1. The number of aromatic nitrogens is 2. The highest BCUT2D eigenvalue weighted by atomic mass is 32.2. The first-order valence-electron chi connectivity index (χ1n) is 8.17. The van der Waals surface area contributed by atoms with E-state index in [1.54, 1.807) is 21.9 Å². The van der Waals surface area contributed by atoms with Gasteiger partial charge in [-0.15, -0.1) is 0 Å². The molecule has 11 heteroatoms. The predicted molar refractivity (Wildman–Crippen MR) is 96.1 cm³/mol. The lowest BCUT2D eigenvalue weighted by Gasteiger charge is -2.35. The summed E-state index contributed by atoms with van der Waals surface area (Å²) in [4.78, 5) is 29.2. The first kappa shape index (κ1) is 19.0. The van der Waals surface area contributed by atoms with Crippen LogP contribution in [0.3, 0.4) is 0 Å². The quantitative estimate of drug-likeness (QED) is 0.592. The number of amides is 1. The summed E-state index contributed by atoms with van der Waals surface area (Å²) in [6.07, 6.45) is 4.34. The predicted octanol–water partition coefficient (Wildman–Crippen LogP) is 0.519. The summed E-state index contributed by atoms with van der Waals surface area (Å²) in [5.41, 5.74) is -0.476. The van der Waals surface area contributed by atoms with E-state index in [0.29, 0.717) is 25.5 Å². The van der Waals surface area contributed by atoms with Crippen molar-refractivity contribution in [1.29, 1.82) is 0 Å². The maximum absolute atomic E-state index is 13.1. The van der Waals surface area contributed by atoms with Crippen LogP contribution in [0.15, 0.2) is 35.5 Å². The fraction of sp³-hybridized carbons (Fsp3) is 0.375. The van der Waals surface area contributed by atoms with Gasteiger partial charge in [0.1, 0.15) is 11.9 Å². The molecule has 1 aliphatic heterocycles. The molecule has 1 aliphatic rings. The molecule has 1 atom stereocenters. The van der Waals surface area contributed by atoms with Crippen LogP contribution in [0, 0.1) is 10.1 Å². The lowest BCUT2D eigenvalue weighted by atomic mass is 10.1. The van der Waals surface area contributed by atoms with Crippen molar-refractivity contribution in [3.05, 3.63) is 52.1 Å². The van der Waals surface area contributed by atoms with Crippen LogP contribution in [0.4, 0.5) is 5.69 Å². The number of nitro benzene ring substituents is 1. The van der Waals surface area contributed by atoms with E-state index >= 15 is 0 Å². The number of benzene rings is 1. The number of piperazine rings is 1. The van der Waals surface area contributed by atoms with Crippen LogP contribution in [0.5, 0.6) is 0 Å². The largest absolute Gasteiger partial charge is 0.336 e. The summed E-state index contributed by atoms with van der Waals surface area (Å²) in [7, 11) is -1.90. The van der Waals surface area contributed by atoms with Crippen molar-refractivity contribution < 1.29 is 18.1 Å². The van der Waals surface area contributed by atoms with Gasteiger partial charge in [-0.2, -0.15) is 0 Å². The molecule has 1 aromatic carbocycles. The molecule has 1 aromatic heterocycles. The molecule has 1 fully saturated rings. The first-order chi connectivity index (χ1) is 12.7. The number of imidazole rings is 1. The van der Waals surface area contributed by atoms with Crippen LogP contribution in [0.25, 0.3) is 0 Å². The highest BCUT2D eigenvalue weighted by molar-refractivity contribution is 7.90. The molecule has 0 aliphatic carbocycles.